The number of nitrogens with one attached hydrogen (secondary N) is 1. The SMILES string of the molecule is O=C1C[C@@H](c2cccc(F)c2)c2sccc2N1. The molecule has 3 rings (SSSR count). The summed E-state index contributed by atoms with van der Waals surface area (Å²) in [6, 6.07) is 8.37. The van der Waals surface area contributed by atoms with Crippen molar-refractivity contribution in [2.45, 2.75) is 12.3 Å². The highest BCUT2D eigenvalue weighted by molar-refractivity contribution is 7.10. The van der Waals surface area contributed by atoms with Gasteiger partial charge in [-0.25, -0.2) is 4.39 Å². The first kappa shape index (κ1) is 10.5. The Morgan fingerprint density at radius 3 is 3.06 bits per heavy atom. The van der Waals surface area contributed by atoms with Gasteiger partial charge in [-0.1, -0.05) is 12.1 Å². The zero-order valence-corrected chi connectivity index (χ0v) is 9.76. The molecular weight excluding hydrogens is 237 g/mol. The second-order valence-corrected chi connectivity index (χ2v) is 5.01. The van der Waals surface area contributed by atoms with E-state index >= 15 is 0 Å². The molecule has 0 radical (unpaired) electrons. The van der Waals surface area contributed by atoms with Crippen LogP contribution in [0.5, 0.6) is 0 Å². The third-order valence-corrected chi connectivity index (χ3v) is 3.96. The molecule has 0 unspecified atom stereocenters. The molecule has 0 bridgehead atoms. The molecule has 1 aromatic carbocycles. The number of fused-ring (bicyclic) bond motifs is 1. The summed E-state index contributed by atoms with van der Waals surface area (Å²) in [4.78, 5) is 12.7. The number of carbonyl (C=O) groups excluding carboxylic acids is 1. The van der Waals surface area contributed by atoms with Gasteiger partial charge < -0.3 is 5.32 Å². The Kier molecular flexibility index (Phi) is 2.44. The first-order chi connectivity index (χ1) is 8.24. The number of amides is 1. The van der Waals surface area contributed by atoms with Gasteiger partial charge in [0.2, 0.25) is 5.91 Å². The van der Waals surface area contributed by atoms with Crippen LogP contribution in [0, 0.1) is 5.82 Å². The quantitative estimate of drug-likeness (QED) is 0.822. The van der Waals surface area contributed by atoms with Gasteiger partial charge in [-0.3, -0.25) is 4.79 Å². The van der Waals surface area contributed by atoms with E-state index in [0.29, 0.717) is 6.42 Å². The summed E-state index contributed by atoms with van der Waals surface area (Å²) in [6.45, 7) is 0. The van der Waals surface area contributed by atoms with Gasteiger partial charge in [-0.05, 0) is 29.1 Å². The monoisotopic (exact) mass is 247 g/mol. The lowest BCUT2D eigenvalue weighted by atomic mass is 9.91. The van der Waals surface area contributed by atoms with Crippen LogP contribution in [-0.2, 0) is 4.79 Å². The lowest BCUT2D eigenvalue weighted by molar-refractivity contribution is -0.116. The van der Waals surface area contributed by atoms with E-state index in [1.807, 2.05) is 17.5 Å². The topological polar surface area (TPSA) is 29.1 Å². The van der Waals surface area contributed by atoms with Crippen molar-refractivity contribution in [3.63, 3.8) is 0 Å². The van der Waals surface area contributed by atoms with E-state index < -0.39 is 0 Å². The van der Waals surface area contributed by atoms with E-state index in [1.165, 1.54) is 12.1 Å². The van der Waals surface area contributed by atoms with Crippen LogP contribution in [0.2, 0.25) is 0 Å². The Labute approximate surface area is 102 Å². The van der Waals surface area contributed by atoms with E-state index in [1.54, 1.807) is 17.4 Å². The summed E-state index contributed by atoms with van der Waals surface area (Å²) in [7, 11) is 0. The highest BCUT2D eigenvalue weighted by atomic mass is 32.1. The summed E-state index contributed by atoms with van der Waals surface area (Å²) >= 11 is 1.60. The molecule has 2 nitrogen and oxygen atoms in total. The van der Waals surface area contributed by atoms with Gasteiger partial charge in [0, 0.05) is 17.2 Å². The summed E-state index contributed by atoms with van der Waals surface area (Å²) in [5.74, 6) is -0.286. The molecule has 1 amide bonds. The van der Waals surface area contributed by atoms with Crippen molar-refractivity contribution >= 4 is 22.9 Å². The largest absolute Gasteiger partial charge is 0.325 e. The second-order valence-electron chi connectivity index (χ2n) is 4.06. The molecule has 0 saturated heterocycles. The van der Waals surface area contributed by atoms with Gasteiger partial charge in [0.05, 0.1) is 5.69 Å². The van der Waals surface area contributed by atoms with Gasteiger partial charge in [-0.15, -0.1) is 11.3 Å². The van der Waals surface area contributed by atoms with Crippen LogP contribution in [0.1, 0.15) is 22.8 Å². The number of carbonyl (C=O) groups is 1. The lowest BCUT2D eigenvalue weighted by Gasteiger charge is -2.22. The van der Waals surface area contributed by atoms with E-state index in [9.17, 15) is 9.18 Å². The lowest BCUT2D eigenvalue weighted by Crippen LogP contribution is -2.21. The molecule has 1 N–H and O–H groups in total. The summed E-state index contributed by atoms with van der Waals surface area (Å²) in [5.41, 5.74) is 1.73. The minimum atomic E-state index is -0.258. The molecule has 2 aromatic rings. The molecule has 0 aliphatic carbocycles. The predicted octanol–water partition coefficient (Wildman–Crippen LogP) is 3.36. The molecule has 0 fully saturated rings. The maximum atomic E-state index is 13.2. The number of hydrogen-bond acceptors (Lipinski definition) is 2. The molecule has 2 heterocycles. The van der Waals surface area contributed by atoms with Crippen molar-refractivity contribution in [3.05, 3.63) is 52.0 Å². The Morgan fingerprint density at radius 2 is 2.24 bits per heavy atom. The average Bonchev–Trinajstić information content (AvgIpc) is 2.75. The second kappa shape index (κ2) is 3.96. The maximum absolute atomic E-state index is 13.2. The van der Waals surface area contributed by atoms with Crippen LogP contribution in [-0.4, -0.2) is 5.91 Å². The van der Waals surface area contributed by atoms with Crippen LogP contribution in [0.4, 0.5) is 10.1 Å². The predicted molar refractivity (Wildman–Crippen MR) is 65.8 cm³/mol. The maximum Gasteiger partial charge on any atom is 0.225 e. The van der Waals surface area contributed by atoms with Crippen molar-refractivity contribution in [2.24, 2.45) is 0 Å². The molecule has 1 atom stereocenters. The van der Waals surface area contributed by atoms with Crippen molar-refractivity contribution in [3.8, 4) is 0 Å². The van der Waals surface area contributed by atoms with Crippen molar-refractivity contribution in [1.29, 1.82) is 0 Å². The third-order valence-electron chi connectivity index (χ3n) is 2.93. The molecule has 0 saturated carbocycles. The average molecular weight is 247 g/mol. The Morgan fingerprint density at radius 1 is 1.35 bits per heavy atom. The van der Waals surface area contributed by atoms with Crippen LogP contribution < -0.4 is 5.32 Å². The van der Waals surface area contributed by atoms with Crippen molar-refractivity contribution in [2.75, 3.05) is 5.32 Å². The summed E-state index contributed by atoms with van der Waals surface area (Å²) in [6.07, 6.45) is 0.386. The van der Waals surface area contributed by atoms with Crippen LogP contribution in [0.15, 0.2) is 35.7 Å². The molecule has 1 aliphatic heterocycles. The normalized spacial score (nSPS) is 18.6. The highest BCUT2D eigenvalue weighted by Crippen LogP contribution is 2.40. The van der Waals surface area contributed by atoms with Crippen molar-refractivity contribution < 1.29 is 9.18 Å². The molecule has 86 valence electrons. The number of rotatable bonds is 1. The zero-order valence-electron chi connectivity index (χ0n) is 8.94. The number of anilines is 1. The summed E-state index contributed by atoms with van der Waals surface area (Å²) < 4.78 is 13.2. The third kappa shape index (κ3) is 1.85. The van der Waals surface area contributed by atoms with Gasteiger partial charge in [0.1, 0.15) is 5.82 Å². The van der Waals surface area contributed by atoms with Crippen molar-refractivity contribution in [1.82, 2.24) is 0 Å². The fraction of sp³-hybridized carbons (Fsp3) is 0.154. The molecule has 0 spiro atoms. The zero-order chi connectivity index (χ0) is 11.8. The first-order valence-corrected chi connectivity index (χ1v) is 6.25. The molecule has 1 aromatic heterocycles. The molecule has 4 heteroatoms. The van der Waals surface area contributed by atoms with Crippen LogP contribution in [0.3, 0.4) is 0 Å². The fourth-order valence-electron chi connectivity index (χ4n) is 2.17. The van der Waals surface area contributed by atoms with E-state index in [-0.39, 0.29) is 17.6 Å². The Hall–Kier alpha value is -1.68. The number of thiophene rings is 1. The van der Waals surface area contributed by atoms with E-state index in [4.69, 9.17) is 0 Å². The summed E-state index contributed by atoms with van der Waals surface area (Å²) in [5, 5.41) is 4.78. The number of hydrogen-bond donors (Lipinski definition) is 1. The first-order valence-electron chi connectivity index (χ1n) is 5.37. The van der Waals surface area contributed by atoms with Crippen LogP contribution >= 0.6 is 11.3 Å². The van der Waals surface area contributed by atoms with E-state index in [2.05, 4.69) is 5.32 Å². The number of halogens is 1. The van der Waals surface area contributed by atoms with Gasteiger partial charge >= 0.3 is 0 Å². The minimum absolute atomic E-state index is 0.00911. The Bertz CT molecular complexity index is 578. The van der Waals surface area contributed by atoms with Gasteiger partial charge in [-0.2, -0.15) is 0 Å². The molecule has 17 heavy (non-hydrogen) atoms. The van der Waals surface area contributed by atoms with Gasteiger partial charge in [0.25, 0.3) is 0 Å². The van der Waals surface area contributed by atoms with Gasteiger partial charge in [0.15, 0.2) is 0 Å². The Balaban J connectivity index is 2.08. The van der Waals surface area contributed by atoms with Crippen LogP contribution in [0.25, 0.3) is 0 Å². The molecule has 1 aliphatic rings. The molecular formula is C13H10FNOS. The van der Waals surface area contributed by atoms with E-state index in [0.717, 1.165) is 16.1 Å². The minimum Gasteiger partial charge on any atom is -0.325 e. The fourth-order valence-corrected chi connectivity index (χ4v) is 3.15. The standard InChI is InChI=1S/C13H10FNOS/c14-9-3-1-2-8(6-9)10-7-12(16)15-11-4-5-17-13(10)11/h1-6,10H,7H2,(H,15,16)/t10-/m0/s1. The highest BCUT2D eigenvalue weighted by Gasteiger charge is 2.27. The number of benzene rings is 1. The smallest absolute Gasteiger partial charge is 0.225 e.